The largest absolute Gasteiger partial charge is 0.373 e. The van der Waals surface area contributed by atoms with Crippen LogP contribution in [-0.2, 0) is 11.3 Å². The maximum atomic E-state index is 12.6. The first-order valence-corrected chi connectivity index (χ1v) is 7.82. The molecule has 1 saturated heterocycles. The quantitative estimate of drug-likeness (QED) is 0.892. The van der Waals surface area contributed by atoms with Gasteiger partial charge in [0, 0.05) is 25.7 Å². The van der Waals surface area contributed by atoms with E-state index in [9.17, 15) is 4.79 Å². The Labute approximate surface area is 128 Å². The maximum absolute atomic E-state index is 12.6. The molecule has 2 N–H and O–H groups in total. The molecule has 116 valence electrons. The van der Waals surface area contributed by atoms with Crippen LogP contribution >= 0.6 is 11.6 Å². The number of halogens is 1. The third-order valence-corrected chi connectivity index (χ3v) is 4.37. The van der Waals surface area contributed by atoms with Crippen LogP contribution in [0.15, 0.2) is 11.0 Å². The van der Waals surface area contributed by atoms with Gasteiger partial charge in [-0.05, 0) is 25.7 Å². The highest BCUT2D eigenvalue weighted by Crippen LogP contribution is 2.30. The normalized spacial score (nSPS) is 24.1. The third kappa shape index (κ3) is 3.22. The van der Waals surface area contributed by atoms with Crippen LogP contribution in [0.3, 0.4) is 0 Å². The Hall–Kier alpha value is -1.11. The molecule has 2 atom stereocenters. The van der Waals surface area contributed by atoms with Crippen LogP contribution in [0.2, 0.25) is 5.02 Å². The van der Waals surface area contributed by atoms with Gasteiger partial charge in [-0.15, -0.1) is 0 Å². The average Bonchev–Trinajstić information content (AvgIpc) is 3.26. The smallest absolute Gasteiger partial charge is 0.291 e. The van der Waals surface area contributed by atoms with Crippen LogP contribution in [0.4, 0.5) is 5.69 Å². The van der Waals surface area contributed by atoms with Crippen LogP contribution in [0.5, 0.6) is 0 Å². The zero-order valence-corrected chi connectivity index (χ0v) is 12.9. The summed E-state index contributed by atoms with van der Waals surface area (Å²) in [7, 11) is 0. The van der Waals surface area contributed by atoms with Crippen molar-refractivity contribution in [3.8, 4) is 0 Å². The van der Waals surface area contributed by atoms with Gasteiger partial charge >= 0.3 is 0 Å². The monoisotopic (exact) mass is 312 g/mol. The Morgan fingerprint density at radius 1 is 1.57 bits per heavy atom. The molecule has 1 aliphatic carbocycles. The standard InChI is InChI=1S/C14H21ClN4O2/c1-9(16)12-8-18(4-5-21-12)13-11(15)6-17-19(14(13)20)7-10-2-3-10/h6,9-10,12H,2-5,7-8,16H2,1H3. The topological polar surface area (TPSA) is 73.4 Å². The van der Waals surface area contributed by atoms with Crippen molar-refractivity contribution in [1.82, 2.24) is 9.78 Å². The SMILES string of the molecule is CC(N)C1CN(c2c(Cl)cnn(CC3CC3)c2=O)CCO1. The van der Waals surface area contributed by atoms with Gasteiger partial charge in [0.05, 0.1) is 23.9 Å². The van der Waals surface area contributed by atoms with E-state index in [1.807, 2.05) is 11.8 Å². The Morgan fingerprint density at radius 3 is 3.00 bits per heavy atom. The highest BCUT2D eigenvalue weighted by Gasteiger charge is 2.28. The molecule has 2 heterocycles. The van der Waals surface area contributed by atoms with E-state index in [4.69, 9.17) is 22.1 Å². The van der Waals surface area contributed by atoms with Gasteiger partial charge in [0.1, 0.15) is 5.69 Å². The molecule has 1 saturated carbocycles. The van der Waals surface area contributed by atoms with Crippen molar-refractivity contribution in [3.05, 3.63) is 21.6 Å². The summed E-state index contributed by atoms with van der Waals surface area (Å²) in [6.07, 6.45) is 3.84. The van der Waals surface area contributed by atoms with Gasteiger partial charge in [-0.3, -0.25) is 4.79 Å². The van der Waals surface area contributed by atoms with Crippen LogP contribution in [-0.4, -0.2) is 41.6 Å². The molecule has 1 aromatic rings. The second-order valence-corrected chi connectivity index (χ2v) is 6.39. The van der Waals surface area contributed by atoms with Crippen molar-refractivity contribution in [2.45, 2.75) is 38.5 Å². The van der Waals surface area contributed by atoms with Crippen molar-refractivity contribution < 1.29 is 4.74 Å². The summed E-state index contributed by atoms with van der Waals surface area (Å²) in [5.41, 5.74) is 6.32. The molecule has 0 spiro atoms. The lowest BCUT2D eigenvalue weighted by molar-refractivity contribution is 0.0275. The van der Waals surface area contributed by atoms with Crippen molar-refractivity contribution in [2.75, 3.05) is 24.6 Å². The minimum atomic E-state index is -0.111. The molecular weight excluding hydrogens is 292 g/mol. The number of hydrogen-bond donors (Lipinski definition) is 1. The summed E-state index contributed by atoms with van der Waals surface area (Å²) in [6.45, 7) is 4.37. The summed E-state index contributed by atoms with van der Waals surface area (Å²) in [5, 5.41) is 4.56. The maximum Gasteiger partial charge on any atom is 0.291 e. The van der Waals surface area contributed by atoms with E-state index in [-0.39, 0.29) is 17.7 Å². The summed E-state index contributed by atoms with van der Waals surface area (Å²) in [5.74, 6) is 0.589. The van der Waals surface area contributed by atoms with Gasteiger partial charge in [-0.2, -0.15) is 5.10 Å². The molecule has 2 unspecified atom stereocenters. The van der Waals surface area contributed by atoms with Gasteiger partial charge < -0.3 is 15.4 Å². The first-order valence-electron chi connectivity index (χ1n) is 7.44. The lowest BCUT2D eigenvalue weighted by Crippen LogP contribution is -2.51. The molecule has 0 bridgehead atoms. The molecular formula is C14H21ClN4O2. The molecule has 0 amide bonds. The predicted molar refractivity (Wildman–Crippen MR) is 81.8 cm³/mol. The fourth-order valence-corrected chi connectivity index (χ4v) is 2.86. The van der Waals surface area contributed by atoms with Gasteiger partial charge in [0.25, 0.3) is 5.56 Å². The summed E-state index contributed by atoms with van der Waals surface area (Å²) >= 11 is 6.22. The molecule has 0 radical (unpaired) electrons. The second kappa shape index (κ2) is 5.94. The molecule has 6 nitrogen and oxygen atoms in total. The minimum Gasteiger partial charge on any atom is -0.373 e. The molecule has 1 aromatic heterocycles. The zero-order chi connectivity index (χ0) is 15.0. The fourth-order valence-electron chi connectivity index (χ4n) is 2.62. The average molecular weight is 313 g/mol. The van der Waals surface area contributed by atoms with Crippen molar-refractivity contribution in [2.24, 2.45) is 11.7 Å². The lowest BCUT2D eigenvalue weighted by atomic mass is 10.1. The van der Waals surface area contributed by atoms with Crippen LogP contribution in [0.25, 0.3) is 0 Å². The molecule has 2 aliphatic rings. The van der Waals surface area contributed by atoms with Gasteiger partial charge in [-0.25, -0.2) is 4.68 Å². The Morgan fingerprint density at radius 2 is 2.33 bits per heavy atom. The van der Waals surface area contributed by atoms with E-state index in [1.54, 1.807) is 6.20 Å². The summed E-state index contributed by atoms with van der Waals surface area (Å²) in [6, 6.07) is -0.0814. The number of hydrogen-bond acceptors (Lipinski definition) is 5. The van der Waals surface area contributed by atoms with Gasteiger partial charge in [0.15, 0.2) is 0 Å². The number of anilines is 1. The van der Waals surface area contributed by atoms with Crippen LogP contribution in [0.1, 0.15) is 19.8 Å². The van der Waals surface area contributed by atoms with E-state index >= 15 is 0 Å². The summed E-state index contributed by atoms with van der Waals surface area (Å²) < 4.78 is 7.18. The molecule has 2 fully saturated rings. The lowest BCUT2D eigenvalue weighted by Gasteiger charge is -2.36. The van der Waals surface area contributed by atoms with Crippen molar-refractivity contribution >= 4 is 17.3 Å². The zero-order valence-electron chi connectivity index (χ0n) is 12.2. The Balaban J connectivity index is 1.87. The van der Waals surface area contributed by atoms with E-state index in [1.165, 1.54) is 17.5 Å². The van der Waals surface area contributed by atoms with E-state index in [0.29, 0.717) is 42.9 Å². The number of morpholine rings is 1. The first kappa shape index (κ1) is 14.8. The van der Waals surface area contributed by atoms with Crippen LogP contribution in [0, 0.1) is 5.92 Å². The van der Waals surface area contributed by atoms with E-state index in [0.717, 1.165) is 0 Å². The van der Waals surface area contributed by atoms with E-state index < -0.39 is 0 Å². The number of aromatic nitrogens is 2. The number of ether oxygens (including phenoxy) is 1. The Kier molecular flexibility index (Phi) is 4.19. The molecule has 7 heteroatoms. The number of rotatable bonds is 4. The molecule has 0 aromatic carbocycles. The second-order valence-electron chi connectivity index (χ2n) is 5.99. The third-order valence-electron chi connectivity index (χ3n) is 4.10. The highest BCUT2D eigenvalue weighted by atomic mass is 35.5. The minimum absolute atomic E-state index is 0.0814. The predicted octanol–water partition coefficient (Wildman–Crippen LogP) is 0.859. The first-order chi connectivity index (χ1) is 10.1. The number of nitrogens with zero attached hydrogens (tertiary/aromatic N) is 3. The van der Waals surface area contributed by atoms with Gasteiger partial charge in [-0.1, -0.05) is 11.6 Å². The van der Waals surface area contributed by atoms with Gasteiger partial charge in [0.2, 0.25) is 0 Å². The van der Waals surface area contributed by atoms with E-state index in [2.05, 4.69) is 5.10 Å². The molecule has 3 rings (SSSR count). The fraction of sp³-hybridized carbons (Fsp3) is 0.714. The van der Waals surface area contributed by atoms with Crippen molar-refractivity contribution in [1.29, 1.82) is 0 Å². The summed E-state index contributed by atoms with van der Waals surface area (Å²) in [4.78, 5) is 14.6. The number of nitrogens with two attached hydrogens (primary N) is 1. The van der Waals surface area contributed by atoms with Crippen molar-refractivity contribution in [3.63, 3.8) is 0 Å². The molecule has 1 aliphatic heterocycles. The highest BCUT2D eigenvalue weighted by molar-refractivity contribution is 6.33. The Bertz CT molecular complexity index is 571. The van der Waals surface area contributed by atoms with Crippen LogP contribution < -0.4 is 16.2 Å². The molecule has 21 heavy (non-hydrogen) atoms.